The van der Waals surface area contributed by atoms with Crippen LogP contribution in [0.1, 0.15) is 42.4 Å². The maximum Gasteiger partial charge on any atom is 0.192 e. The quantitative estimate of drug-likeness (QED) is 0.143. The first kappa shape index (κ1) is 25.7. The van der Waals surface area contributed by atoms with Crippen molar-refractivity contribution in [2.24, 2.45) is 12.0 Å². The largest absolute Gasteiger partial charge is 0.356 e. The van der Waals surface area contributed by atoms with Crippen LogP contribution in [0.15, 0.2) is 59.6 Å². The first-order valence-corrected chi connectivity index (χ1v) is 11.4. The van der Waals surface area contributed by atoms with E-state index in [0.29, 0.717) is 6.54 Å². The second kappa shape index (κ2) is 12.0. The monoisotopic (exact) mass is 572 g/mol. The molecule has 2 heterocycles. The van der Waals surface area contributed by atoms with Gasteiger partial charge in [-0.3, -0.25) is 0 Å². The van der Waals surface area contributed by atoms with Crippen molar-refractivity contribution in [2.75, 3.05) is 6.54 Å². The molecule has 8 nitrogen and oxygen atoms in total. The van der Waals surface area contributed by atoms with E-state index in [9.17, 15) is 0 Å². The minimum absolute atomic E-state index is 0. The maximum absolute atomic E-state index is 4.79. The number of imidazole rings is 1. The summed E-state index contributed by atoms with van der Waals surface area (Å²) < 4.78 is 4.24. The number of rotatable bonds is 8. The van der Waals surface area contributed by atoms with Crippen molar-refractivity contribution in [2.45, 2.75) is 46.3 Å². The SMILES string of the molecule is Cc1nnc(CN=C(NCCCn2c(C)nc3ccccc32)NC(C)c2ccccc2)n1C.I. The lowest BCUT2D eigenvalue weighted by molar-refractivity contribution is 0.613. The van der Waals surface area contributed by atoms with Crippen molar-refractivity contribution >= 4 is 41.0 Å². The number of hydrogen-bond donors (Lipinski definition) is 2. The second-order valence-corrected chi connectivity index (χ2v) is 8.24. The van der Waals surface area contributed by atoms with Gasteiger partial charge < -0.3 is 19.8 Å². The molecule has 2 aromatic heterocycles. The Morgan fingerprint density at radius 2 is 1.74 bits per heavy atom. The van der Waals surface area contributed by atoms with Crippen molar-refractivity contribution in [3.8, 4) is 0 Å². The van der Waals surface area contributed by atoms with Crippen LogP contribution >= 0.6 is 24.0 Å². The molecule has 1 atom stereocenters. The van der Waals surface area contributed by atoms with Crippen LogP contribution in [-0.2, 0) is 20.1 Å². The highest BCUT2D eigenvalue weighted by molar-refractivity contribution is 14.0. The Labute approximate surface area is 217 Å². The van der Waals surface area contributed by atoms with Crippen LogP contribution in [0.2, 0.25) is 0 Å². The summed E-state index contributed by atoms with van der Waals surface area (Å²) in [4.78, 5) is 9.45. The van der Waals surface area contributed by atoms with E-state index in [-0.39, 0.29) is 30.0 Å². The summed E-state index contributed by atoms with van der Waals surface area (Å²) in [5.41, 5.74) is 3.43. The molecule has 4 rings (SSSR count). The summed E-state index contributed by atoms with van der Waals surface area (Å²) in [5, 5.41) is 15.4. The lowest BCUT2D eigenvalue weighted by atomic mass is 10.1. The predicted octanol–water partition coefficient (Wildman–Crippen LogP) is 4.29. The van der Waals surface area contributed by atoms with E-state index in [1.54, 1.807) is 0 Å². The van der Waals surface area contributed by atoms with Gasteiger partial charge in [-0.15, -0.1) is 34.2 Å². The predicted molar refractivity (Wildman–Crippen MR) is 147 cm³/mol. The Balaban J connectivity index is 0.00000324. The number of benzene rings is 2. The normalized spacial score (nSPS) is 12.4. The minimum Gasteiger partial charge on any atom is -0.356 e. The van der Waals surface area contributed by atoms with E-state index in [4.69, 9.17) is 4.99 Å². The van der Waals surface area contributed by atoms with Gasteiger partial charge in [0.15, 0.2) is 11.8 Å². The lowest BCUT2D eigenvalue weighted by Gasteiger charge is -2.19. The van der Waals surface area contributed by atoms with Gasteiger partial charge in [0, 0.05) is 20.1 Å². The summed E-state index contributed by atoms with van der Waals surface area (Å²) in [5.74, 6) is 3.52. The van der Waals surface area contributed by atoms with Gasteiger partial charge in [-0.1, -0.05) is 42.5 Å². The van der Waals surface area contributed by atoms with Crippen molar-refractivity contribution in [3.05, 3.63) is 77.6 Å². The summed E-state index contributed by atoms with van der Waals surface area (Å²) in [6.07, 6.45) is 0.949. The van der Waals surface area contributed by atoms with Crippen molar-refractivity contribution in [1.82, 2.24) is 34.9 Å². The maximum atomic E-state index is 4.79. The van der Waals surface area contributed by atoms with Crippen LogP contribution in [0.5, 0.6) is 0 Å². The molecule has 0 saturated carbocycles. The molecule has 0 radical (unpaired) electrons. The van der Waals surface area contributed by atoms with Gasteiger partial charge in [-0.05, 0) is 44.9 Å². The van der Waals surface area contributed by atoms with Crippen molar-refractivity contribution in [1.29, 1.82) is 0 Å². The van der Waals surface area contributed by atoms with E-state index < -0.39 is 0 Å². The first-order valence-electron chi connectivity index (χ1n) is 11.4. The number of aryl methyl sites for hydroxylation is 3. The molecule has 0 spiro atoms. The number of fused-ring (bicyclic) bond motifs is 1. The summed E-state index contributed by atoms with van der Waals surface area (Å²) in [6.45, 7) is 8.28. The topological polar surface area (TPSA) is 85.0 Å². The number of hydrogen-bond acceptors (Lipinski definition) is 4. The molecule has 2 aromatic carbocycles. The number of aromatic nitrogens is 5. The van der Waals surface area contributed by atoms with E-state index in [0.717, 1.165) is 48.5 Å². The molecular formula is C25H33IN8. The van der Waals surface area contributed by atoms with Crippen LogP contribution in [0.25, 0.3) is 11.0 Å². The van der Waals surface area contributed by atoms with Gasteiger partial charge in [0.05, 0.1) is 17.1 Å². The van der Waals surface area contributed by atoms with E-state index >= 15 is 0 Å². The summed E-state index contributed by atoms with van der Waals surface area (Å²) in [7, 11) is 1.96. The first-order chi connectivity index (χ1) is 16.0. The fourth-order valence-corrected chi connectivity index (χ4v) is 3.84. The molecule has 1 unspecified atom stereocenters. The molecular weight excluding hydrogens is 539 g/mol. The third-order valence-corrected chi connectivity index (χ3v) is 5.91. The molecule has 0 fully saturated rings. The van der Waals surface area contributed by atoms with E-state index in [1.165, 1.54) is 11.1 Å². The molecule has 180 valence electrons. The molecule has 4 aromatic rings. The Kier molecular flexibility index (Phi) is 9.03. The fourth-order valence-electron chi connectivity index (χ4n) is 3.84. The smallest absolute Gasteiger partial charge is 0.192 e. The van der Waals surface area contributed by atoms with Gasteiger partial charge in [-0.25, -0.2) is 9.98 Å². The van der Waals surface area contributed by atoms with Crippen LogP contribution in [0.3, 0.4) is 0 Å². The Hall–Kier alpha value is -2.95. The van der Waals surface area contributed by atoms with Gasteiger partial charge in [0.1, 0.15) is 18.2 Å². The lowest BCUT2D eigenvalue weighted by Crippen LogP contribution is -2.39. The minimum atomic E-state index is 0. The van der Waals surface area contributed by atoms with Crippen LogP contribution in [0, 0.1) is 13.8 Å². The number of halogens is 1. The molecule has 2 N–H and O–H groups in total. The summed E-state index contributed by atoms with van der Waals surface area (Å²) >= 11 is 0. The Morgan fingerprint density at radius 1 is 1.00 bits per heavy atom. The van der Waals surface area contributed by atoms with Crippen LogP contribution < -0.4 is 10.6 Å². The second-order valence-electron chi connectivity index (χ2n) is 8.24. The Bertz CT molecular complexity index is 1230. The average Bonchev–Trinajstić information content (AvgIpc) is 3.33. The molecule has 0 bridgehead atoms. The van der Waals surface area contributed by atoms with Crippen molar-refractivity contribution < 1.29 is 0 Å². The van der Waals surface area contributed by atoms with Gasteiger partial charge in [0.25, 0.3) is 0 Å². The van der Waals surface area contributed by atoms with E-state index in [1.807, 2.05) is 30.7 Å². The average molecular weight is 572 g/mol. The molecule has 34 heavy (non-hydrogen) atoms. The van der Waals surface area contributed by atoms with Crippen LogP contribution in [-0.4, -0.2) is 36.8 Å². The third-order valence-electron chi connectivity index (χ3n) is 5.91. The van der Waals surface area contributed by atoms with Crippen LogP contribution in [0.4, 0.5) is 0 Å². The van der Waals surface area contributed by atoms with Crippen molar-refractivity contribution in [3.63, 3.8) is 0 Å². The Morgan fingerprint density at radius 3 is 2.47 bits per heavy atom. The number of guanidine groups is 1. The highest BCUT2D eigenvalue weighted by Crippen LogP contribution is 2.16. The van der Waals surface area contributed by atoms with Gasteiger partial charge >= 0.3 is 0 Å². The zero-order valence-corrected chi connectivity index (χ0v) is 22.5. The molecule has 0 aliphatic rings. The standard InChI is InChI=1S/C25H32N8.HI/c1-18(21-11-6-5-7-12-21)28-25(27-17-24-31-30-20(3)32(24)4)26-15-10-16-33-19(2)29-22-13-8-9-14-23(22)33;/h5-9,11-14,18H,10,15-17H2,1-4H3,(H2,26,27,28);1H. The zero-order valence-electron chi connectivity index (χ0n) is 20.2. The summed E-state index contributed by atoms with van der Waals surface area (Å²) in [6, 6.07) is 18.8. The number of aliphatic imine (C=N–C) groups is 1. The fraction of sp³-hybridized carbons (Fsp3) is 0.360. The third kappa shape index (κ3) is 6.13. The number of nitrogens with zero attached hydrogens (tertiary/aromatic N) is 6. The molecule has 0 aliphatic heterocycles. The molecule has 9 heteroatoms. The van der Waals surface area contributed by atoms with Gasteiger partial charge in [0.2, 0.25) is 0 Å². The number of para-hydroxylation sites is 2. The number of nitrogens with one attached hydrogen (secondary N) is 2. The molecule has 0 aliphatic carbocycles. The molecule has 0 amide bonds. The highest BCUT2D eigenvalue weighted by Gasteiger charge is 2.10. The molecule has 0 saturated heterocycles. The zero-order chi connectivity index (χ0) is 23.2. The highest BCUT2D eigenvalue weighted by atomic mass is 127. The van der Waals surface area contributed by atoms with Gasteiger partial charge in [-0.2, -0.15) is 0 Å². The van der Waals surface area contributed by atoms with E-state index in [2.05, 4.69) is 86.7 Å².